The van der Waals surface area contributed by atoms with Crippen molar-refractivity contribution in [2.45, 2.75) is 38.8 Å². The van der Waals surface area contributed by atoms with Crippen LogP contribution in [0.3, 0.4) is 0 Å². The van der Waals surface area contributed by atoms with E-state index in [1.54, 1.807) is 0 Å². The summed E-state index contributed by atoms with van der Waals surface area (Å²) in [5, 5.41) is 2.21. The zero-order valence-corrected chi connectivity index (χ0v) is 13.3. The normalized spacial score (nSPS) is 25.9. The van der Waals surface area contributed by atoms with Crippen molar-refractivity contribution < 1.29 is 4.74 Å². The van der Waals surface area contributed by atoms with Gasteiger partial charge in [-0.25, -0.2) is 0 Å². The van der Waals surface area contributed by atoms with Gasteiger partial charge in [-0.15, -0.1) is 11.3 Å². The highest BCUT2D eigenvalue weighted by Crippen LogP contribution is 2.20. The van der Waals surface area contributed by atoms with Gasteiger partial charge in [-0.1, -0.05) is 0 Å². The van der Waals surface area contributed by atoms with Crippen LogP contribution >= 0.6 is 11.3 Å². The lowest BCUT2D eigenvalue weighted by molar-refractivity contribution is 0.0308. The lowest BCUT2D eigenvalue weighted by Crippen LogP contribution is -2.39. The maximum absolute atomic E-state index is 6.06. The molecule has 3 nitrogen and oxygen atoms in total. The maximum Gasteiger partial charge on any atom is 0.0828 e. The third kappa shape index (κ3) is 3.82. The third-order valence-electron chi connectivity index (χ3n) is 4.43. The van der Waals surface area contributed by atoms with Gasteiger partial charge in [0.15, 0.2) is 0 Å². The Morgan fingerprint density at radius 2 is 2.00 bits per heavy atom. The Labute approximate surface area is 126 Å². The summed E-state index contributed by atoms with van der Waals surface area (Å²) < 4.78 is 6.06. The molecule has 2 aliphatic heterocycles. The van der Waals surface area contributed by atoms with Gasteiger partial charge in [0.2, 0.25) is 0 Å². The molecule has 1 atom stereocenters. The molecule has 0 N–H and O–H groups in total. The molecule has 1 aromatic heterocycles. The van der Waals surface area contributed by atoms with Crippen molar-refractivity contribution in [2.75, 3.05) is 39.3 Å². The van der Waals surface area contributed by atoms with Crippen LogP contribution in [0, 0.1) is 6.92 Å². The van der Waals surface area contributed by atoms with Crippen molar-refractivity contribution in [2.24, 2.45) is 0 Å². The molecule has 3 rings (SSSR count). The molecule has 112 valence electrons. The molecule has 0 aromatic carbocycles. The molecule has 4 heteroatoms. The van der Waals surface area contributed by atoms with Crippen molar-refractivity contribution >= 4 is 11.3 Å². The number of nitrogens with zero attached hydrogens (tertiary/aromatic N) is 2. The van der Waals surface area contributed by atoms with E-state index in [4.69, 9.17) is 4.74 Å². The average Bonchev–Trinajstić information content (AvgIpc) is 3.01. The van der Waals surface area contributed by atoms with Crippen molar-refractivity contribution in [1.82, 2.24) is 9.80 Å². The minimum Gasteiger partial charge on any atom is -0.376 e. The van der Waals surface area contributed by atoms with Gasteiger partial charge in [-0.3, -0.25) is 4.90 Å². The monoisotopic (exact) mass is 294 g/mol. The largest absolute Gasteiger partial charge is 0.376 e. The zero-order chi connectivity index (χ0) is 13.8. The second kappa shape index (κ2) is 7.03. The molecule has 3 heterocycles. The number of aryl methyl sites for hydroxylation is 1. The Morgan fingerprint density at radius 3 is 2.75 bits per heavy atom. The molecular weight excluding hydrogens is 268 g/mol. The maximum atomic E-state index is 6.06. The molecule has 0 radical (unpaired) electrons. The summed E-state index contributed by atoms with van der Waals surface area (Å²) in [7, 11) is 0. The smallest absolute Gasteiger partial charge is 0.0828 e. The lowest BCUT2D eigenvalue weighted by Gasteiger charge is -2.26. The number of likely N-dealkylation sites (tertiary alicyclic amines) is 1. The van der Waals surface area contributed by atoms with Crippen LogP contribution in [0.4, 0.5) is 0 Å². The summed E-state index contributed by atoms with van der Waals surface area (Å²) in [4.78, 5) is 6.68. The first-order valence-electron chi connectivity index (χ1n) is 7.90. The number of hydrogen-bond donors (Lipinski definition) is 0. The SMILES string of the molecule is Cc1ccsc1CN1CCCO[C@H](CN2CCCC2)C1. The lowest BCUT2D eigenvalue weighted by atomic mass is 10.2. The topological polar surface area (TPSA) is 15.7 Å². The third-order valence-corrected chi connectivity index (χ3v) is 5.44. The highest BCUT2D eigenvalue weighted by atomic mass is 32.1. The molecule has 0 spiro atoms. The predicted molar refractivity (Wildman–Crippen MR) is 84.4 cm³/mol. The van der Waals surface area contributed by atoms with Crippen LogP contribution < -0.4 is 0 Å². The fourth-order valence-electron chi connectivity index (χ4n) is 3.25. The van der Waals surface area contributed by atoms with Crippen LogP contribution in [0.15, 0.2) is 11.4 Å². The van der Waals surface area contributed by atoms with E-state index in [0.717, 1.165) is 26.2 Å². The van der Waals surface area contributed by atoms with E-state index in [2.05, 4.69) is 28.2 Å². The quantitative estimate of drug-likeness (QED) is 0.849. The minimum absolute atomic E-state index is 0.399. The van der Waals surface area contributed by atoms with Crippen LogP contribution in [0.2, 0.25) is 0 Å². The molecule has 20 heavy (non-hydrogen) atoms. The second-order valence-corrected chi connectivity index (χ2v) is 7.12. The Kier molecular flexibility index (Phi) is 5.10. The van der Waals surface area contributed by atoms with E-state index in [0.29, 0.717) is 6.10 Å². The van der Waals surface area contributed by atoms with Crippen molar-refractivity contribution in [3.8, 4) is 0 Å². The Balaban J connectivity index is 1.55. The summed E-state index contributed by atoms with van der Waals surface area (Å²) in [6.45, 7) is 10.2. The molecule has 0 unspecified atom stereocenters. The van der Waals surface area contributed by atoms with Gasteiger partial charge in [0.05, 0.1) is 6.10 Å². The second-order valence-electron chi connectivity index (χ2n) is 6.12. The van der Waals surface area contributed by atoms with E-state index in [9.17, 15) is 0 Å². The van der Waals surface area contributed by atoms with Crippen LogP contribution in [-0.4, -0.2) is 55.2 Å². The van der Waals surface area contributed by atoms with Gasteiger partial charge in [0.25, 0.3) is 0 Å². The zero-order valence-electron chi connectivity index (χ0n) is 12.5. The fraction of sp³-hybridized carbons (Fsp3) is 0.750. The van der Waals surface area contributed by atoms with Crippen molar-refractivity contribution in [3.63, 3.8) is 0 Å². The van der Waals surface area contributed by atoms with Gasteiger partial charge in [0, 0.05) is 37.7 Å². The molecule has 1 aromatic rings. The summed E-state index contributed by atoms with van der Waals surface area (Å²) in [5.74, 6) is 0. The van der Waals surface area contributed by atoms with E-state index in [-0.39, 0.29) is 0 Å². The number of ether oxygens (including phenoxy) is 1. The Hall–Kier alpha value is -0.420. The summed E-state index contributed by atoms with van der Waals surface area (Å²) in [6, 6.07) is 2.23. The molecule has 2 fully saturated rings. The summed E-state index contributed by atoms with van der Waals surface area (Å²) in [6.07, 6.45) is 4.30. The van der Waals surface area contributed by atoms with Crippen molar-refractivity contribution in [1.29, 1.82) is 0 Å². The predicted octanol–water partition coefficient (Wildman–Crippen LogP) is 2.74. The molecule has 0 bridgehead atoms. The fourth-order valence-corrected chi connectivity index (χ4v) is 4.19. The first-order valence-corrected chi connectivity index (χ1v) is 8.78. The van der Waals surface area contributed by atoms with E-state index in [1.165, 1.54) is 49.3 Å². The van der Waals surface area contributed by atoms with Gasteiger partial charge in [-0.2, -0.15) is 0 Å². The van der Waals surface area contributed by atoms with Crippen LogP contribution in [0.25, 0.3) is 0 Å². The molecule has 0 saturated carbocycles. The van der Waals surface area contributed by atoms with Crippen molar-refractivity contribution in [3.05, 3.63) is 21.9 Å². The molecule has 2 saturated heterocycles. The first-order chi connectivity index (χ1) is 9.81. The number of rotatable bonds is 4. The highest BCUT2D eigenvalue weighted by Gasteiger charge is 2.23. The van der Waals surface area contributed by atoms with Gasteiger partial charge < -0.3 is 9.64 Å². The van der Waals surface area contributed by atoms with Crippen LogP contribution in [0.5, 0.6) is 0 Å². The standard InChI is InChI=1S/C16H26N2OS/c1-14-5-10-20-16(14)13-18-8-4-9-19-15(12-18)11-17-6-2-3-7-17/h5,10,15H,2-4,6-9,11-13H2,1H3/t15-/m1/s1. The van der Waals surface area contributed by atoms with Gasteiger partial charge >= 0.3 is 0 Å². The van der Waals surface area contributed by atoms with E-state index >= 15 is 0 Å². The van der Waals surface area contributed by atoms with Crippen LogP contribution in [0.1, 0.15) is 29.7 Å². The average molecular weight is 294 g/mol. The Bertz CT molecular complexity index is 414. The molecule has 0 aliphatic carbocycles. The van der Waals surface area contributed by atoms with Gasteiger partial charge in [0.1, 0.15) is 0 Å². The number of hydrogen-bond acceptors (Lipinski definition) is 4. The molecular formula is C16H26N2OS. The highest BCUT2D eigenvalue weighted by molar-refractivity contribution is 7.10. The van der Waals surface area contributed by atoms with Gasteiger partial charge in [-0.05, 0) is 56.3 Å². The molecule has 0 amide bonds. The Morgan fingerprint density at radius 1 is 1.20 bits per heavy atom. The van der Waals surface area contributed by atoms with Crippen LogP contribution in [-0.2, 0) is 11.3 Å². The van der Waals surface area contributed by atoms with E-state index in [1.807, 2.05) is 11.3 Å². The summed E-state index contributed by atoms with van der Waals surface area (Å²) in [5.41, 5.74) is 1.44. The molecule has 2 aliphatic rings. The first kappa shape index (κ1) is 14.5. The number of thiophene rings is 1. The van der Waals surface area contributed by atoms with E-state index < -0.39 is 0 Å². The summed E-state index contributed by atoms with van der Waals surface area (Å²) >= 11 is 1.89. The minimum atomic E-state index is 0.399.